The largest absolute Gasteiger partial charge is 0.345 e. The van der Waals surface area contributed by atoms with E-state index in [2.05, 4.69) is 10.8 Å². The number of amides is 3. The summed E-state index contributed by atoms with van der Waals surface area (Å²) in [6.07, 6.45) is 3.53. The molecule has 0 spiro atoms. The molecule has 8 nitrogen and oxygen atoms in total. The normalized spacial score (nSPS) is 27.3. The zero-order valence-corrected chi connectivity index (χ0v) is 15.3. The summed E-state index contributed by atoms with van der Waals surface area (Å²) < 4.78 is 0. The summed E-state index contributed by atoms with van der Waals surface area (Å²) in [6, 6.07) is 9.27. The molecule has 0 radical (unpaired) electrons. The Balaban J connectivity index is 1.28. The summed E-state index contributed by atoms with van der Waals surface area (Å²) in [7, 11) is 0. The summed E-state index contributed by atoms with van der Waals surface area (Å²) >= 11 is 0. The lowest BCUT2D eigenvalue weighted by molar-refractivity contribution is -0.141. The molecule has 3 fully saturated rings. The van der Waals surface area contributed by atoms with Crippen LogP contribution in [0.4, 0.5) is 4.79 Å². The maximum absolute atomic E-state index is 12.7. The quantitative estimate of drug-likeness (QED) is 0.701. The number of nitrogens with zero attached hydrogens (tertiary/aromatic N) is 2. The third kappa shape index (κ3) is 4.07. The fraction of sp³-hybridized carbons (Fsp3) is 0.579. The first-order valence-electron chi connectivity index (χ1n) is 9.64. The maximum Gasteiger partial charge on any atom is 0.345 e. The van der Waals surface area contributed by atoms with Gasteiger partial charge < -0.3 is 10.2 Å². The van der Waals surface area contributed by atoms with Crippen LogP contribution in [-0.2, 0) is 21.1 Å². The summed E-state index contributed by atoms with van der Waals surface area (Å²) in [5.41, 5.74) is 3.53. The molecule has 2 N–H and O–H groups in total. The Morgan fingerprint density at radius 3 is 2.85 bits per heavy atom. The van der Waals surface area contributed by atoms with E-state index in [4.69, 9.17) is 9.68 Å². The second-order valence-corrected chi connectivity index (χ2v) is 7.34. The van der Waals surface area contributed by atoms with Crippen LogP contribution in [0.15, 0.2) is 30.3 Å². The average molecular weight is 374 g/mol. The van der Waals surface area contributed by atoms with E-state index in [0.29, 0.717) is 26.2 Å². The molecule has 3 heterocycles. The van der Waals surface area contributed by atoms with Crippen LogP contribution in [0.25, 0.3) is 0 Å². The van der Waals surface area contributed by atoms with E-state index in [1.54, 1.807) is 4.90 Å². The first-order chi connectivity index (χ1) is 13.2. The first-order valence-corrected chi connectivity index (χ1v) is 9.64. The van der Waals surface area contributed by atoms with Crippen molar-refractivity contribution in [3.63, 3.8) is 0 Å². The molecule has 2 bridgehead atoms. The molecule has 0 aromatic heterocycles. The van der Waals surface area contributed by atoms with Gasteiger partial charge in [0.2, 0.25) is 0 Å². The molecular formula is C19H26N4O4. The molecule has 3 atom stereocenters. The molecule has 1 aromatic rings. The number of hydrogen-bond acceptors (Lipinski definition) is 5. The SMILES string of the molecule is O=C(NOC[C@H]1CCCN1)[C@@H]1CC[C@@H]2CN1C(=O)N2OCc1ccccc1. The predicted octanol–water partition coefficient (Wildman–Crippen LogP) is 1.19. The molecule has 0 unspecified atom stereocenters. The van der Waals surface area contributed by atoms with Gasteiger partial charge in [-0.1, -0.05) is 30.3 Å². The third-order valence-corrected chi connectivity index (χ3v) is 5.46. The van der Waals surface area contributed by atoms with Gasteiger partial charge in [0, 0.05) is 12.6 Å². The Kier molecular flexibility index (Phi) is 5.56. The summed E-state index contributed by atoms with van der Waals surface area (Å²) in [5, 5.41) is 4.75. The molecule has 0 aliphatic carbocycles. The summed E-state index contributed by atoms with van der Waals surface area (Å²) in [4.78, 5) is 37.9. The molecule has 1 aromatic carbocycles. The smallest absolute Gasteiger partial charge is 0.312 e. The predicted molar refractivity (Wildman–Crippen MR) is 97.1 cm³/mol. The number of nitrogens with one attached hydrogen (secondary N) is 2. The van der Waals surface area contributed by atoms with Gasteiger partial charge >= 0.3 is 6.03 Å². The van der Waals surface area contributed by atoms with Crippen LogP contribution in [-0.4, -0.2) is 59.7 Å². The Morgan fingerprint density at radius 2 is 2.07 bits per heavy atom. The lowest BCUT2D eigenvalue weighted by atomic mass is 10.0. The van der Waals surface area contributed by atoms with Gasteiger partial charge in [-0.2, -0.15) is 5.06 Å². The van der Waals surface area contributed by atoms with Gasteiger partial charge in [-0.3, -0.25) is 14.5 Å². The fourth-order valence-electron chi connectivity index (χ4n) is 3.97. The molecule has 27 heavy (non-hydrogen) atoms. The van der Waals surface area contributed by atoms with Gasteiger partial charge in [-0.25, -0.2) is 10.3 Å². The molecule has 3 amide bonds. The minimum Gasteiger partial charge on any atom is -0.312 e. The van der Waals surface area contributed by atoms with Crippen molar-refractivity contribution in [3.8, 4) is 0 Å². The topological polar surface area (TPSA) is 83.1 Å². The van der Waals surface area contributed by atoms with Crippen LogP contribution in [0.1, 0.15) is 31.2 Å². The van der Waals surface area contributed by atoms with Gasteiger partial charge in [0.25, 0.3) is 5.91 Å². The van der Waals surface area contributed by atoms with E-state index in [1.165, 1.54) is 5.06 Å². The van der Waals surface area contributed by atoms with Crippen molar-refractivity contribution in [3.05, 3.63) is 35.9 Å². The van der Waals surface area contributed by atoms with E-state index in [9.17, 15) is 9.59 Å². The lowest BCUT2D eigenvalue weighted by Crippen LogP contribution is -2.50. The number of carbonyl (C=O) groups is 2. The Morgan fingerprint density at radius 1 is 1.22 bits per heavy atom. The van der Waals surface area contributed by atoms with E-state index in [1.807, 2.05) is 30.3 Å². The van der Waals surface area contributed by atoms with Gasteiger partial charge in [0.15, 0.2) is 0 Å². The van der Waals surface area contributed by atoms with Gasteiger partial charge in [0.05, 0.1) is 12.6 Å². The Bertz CT molecular complexity index is 665. The highest BCUT2D eigenvalue weighted by molar-refractivity contribution is 5.88. The Labute approximate surface area is 158 Å². The van der Waals surface area contributed by atoms with Crippen molar-refractivity contribution < 1.29 is 19.3 Å². The number of rotatable bonds is 7. The molecule has 146 valence electrons. The number of carbonyl (C=O) groups excluding carboxylic acids is 2. The molecule has 4 rings (SSSR count). The number of piperidine rings is 1. The highest BCUT2D eigenvalue weighted by Gasteiger charge is 2.48. The van der Waals surface area contributed by atoms with Crippen molar-refractivity contribution in [1.82, 2.24) is 20.8 Å². The minimum atomic E-state index is -0.504. The first kappa shape index (κ1) is 18.2. The highest BCUT2D eigenvalue weighted by Crippen LogP contribution is 2.30. The standard InChI is InChI=1S/C19H26N4O4/c24-18(21-26-13-15-7-4-10-20-15)17-9-8-16-11-22(17)19(25)23(16)27-12-14-5-2-1-3-6-14/h1-3,5-6,15-17,20H,4,7-13H2,(H,21,24)/t15-,16-,17+/m1/s1. The van der Waals surface area contributed by atoms with Crippen molar-refractivity contribution in [2.24, 2.45) is 0 Å². The third-order valence-electron chi connectivity index (χ3n) is 5.46. The van der Waals surface area contributed by atoms with Crippen molar-refractivity contribution in [1.29, 1.82) is 0 Å². The van der Waals surface area contributed by atoms with E-state index >= 15 is 0 Å². The number of hydroxylamine groups is 3. The van der Waals surface area contributed by atoms with Crippen molar-refractivity contribution in [2.45, 2.75) is 50.4 Å². The Hall–Kier alpha value is -2.16. The van der Waals surface area contributed by atoms with Crippen molar-refractivity contribution in [2.75, 3.05) is 19.7 Å². The lowest BCUT2D eigenvalue weighted by Gasteiger charge is -2.29. The van der Waals surface area contributed by atoms with E-state index in [0.717, 1.165) is 31.4 Å². The fourth-order valence-corrected chi connectivity index (χ4v) is 3.97. The van der Waals surface area contributed by atoms with Crippen LogP contribution in [0.2, 0.25) is 0 Å². The summed E-state index contributed by atoms with van der Waals surface area (Å²) in [5.74, 6) is -0.260. The van der Waals surface area contributed by atoms with Crippen LogP contribution >= 0.6 is 0 Å². The molecule has 3 saturated heterocycles. The molecular weight excluding hydrogens is 348 g/mol. The zero-order chi connectivity index (χ0) is 18.6. The van der Waals surface area contributed by atoms with Crippen LogP contribution in [0.3, 0.4) is 0 Å². The zero-order valence-electron chi connectivity index (χ0n) is 15.3. The van der Waals surface area contributed by atoms with Gasteiger partial charge in [-0.15, -0.1) is 0 Å². The summed E-state index contributed by atoms with van der Waals surface area (Å²) in [6.45, 7) is 2.29. The minimum absolute atomic E-state index is 0.00568. The average Bonchev–Trinajstić information content (AvgIpc) is 3.29. The van der Waals surface area contributed by atoms with Crippen LogP contribution in [0, 0.1) is 0 Å². The van der Waals surface area contributed by atoms with Gasteiger partial charge in [0.1, 0.15) is 12.6 Å². The van der Waals surface area contributed by atoms with Crippen molar-refractivity contribution >= 4 is 11.9 Å². The second kappa shape index (κ2) is 8.24. The monoisotopic (exact) mass is 374 g/mol. The number of benzene rings is 1. The van der Waals surface area contributed by atoms with E-state index in [-0.39, 0.29) is 24.0 Å². The molecule has 3 aliphatic rings. The molecule has 8 heteroatoms. The highest BCUT2D eigenvalue weighted by atomic mass is 16.7. The molecule has 0 saturated carbocycles. The maximum atomic E-state index is 12.7. The second-order valence-electron chi connectivity index (χ2n) is 7.34. The number of fused-ring (bicyclic) bond motifs is 2. The van der Waals surface area contributed by atoms with E-state index < -0.39 is 6.04 Å². The van der Waals surface area contributed by atoms with Gasteiger partial charge in [-0.05, 0) is 37.8 Å². The van der Waals surface area contributed by atoms with Crippen LogP contribution < -0.4 is 10.8 Å². The molecule has 3 aliphatic heterocycles. The number of urea groups is 1. The van der Waals surface area contributed by atoms with Crippen LogP contribution in [0.5, 0.6) is 0 Å². The number of hydrogen-bond donors (Lipinski definition) is 2.